The van der Waals surface area contributed by atoms with Crippen molar-refractivity contribution in [2.75, 3.05) is 7.05 Å². The molecule has 1 aliphatic rings. The van der Waals surface area contributed by atoms with Crippen molar-refractivity contribution in [1.82, 2.24) is 10.3 Å². The summed E-state index contributed by atoms with van der Waals surface area (Å²) in [7, 11) is 2.10. The molecular formula is C14H24N2S. The molecule has 1 N–H and O–H groups in total. The molecular weight excluding hydrogens is 228 g/mol. The molecule has 1 aliphatic carbocycles. The van der Waals surface area contributed by atoms with E-state index in [1.807, 2.05) is 11.3 Å². The van der Waals surface area contributed by atoms with E-state index in [-0.39, 0.29) is 0 Å². The Morgan fingerprint density at radius 2 is 2.00 bits per heavy atom. The van der Waals surface area contributed by atoms with E-state index in [0.29, 0.717) is 6.04 Å². The second kappa shape index (κ2) is 5.96. The van der Waals surface area contributed by atoms with Gasteiger partial charge in [0.15, 0.2) is 0 Å². The van der Waals surface area contributed by atoms with Crippen molar-refractivity contribution in [3.05, 3.63) is 15.6 Å². The molecule has 0 spiro atoms. The Morgan fingerprint density at radius 3 is 2.53 bits per heavy atom. The molecule has 0 aliphatic heterocycles. The predicted molar refractivity (Wildman–Crippen MR) is 74.7 cm³/mol. The minimum Gasteiger partial charge on any atom is -0.316 e. The first-order chi connectivity index (χ1) is 8.20. The molecule has 1 heterocycles. The Labute approximate surface area is 109 Å². The average molecular weight is 252 g/mol. The van der Waals surface area contributed by atoms with Gasteiger partial charge in [-0.2, -0.15) is 0 Å². The van der Waals surface area contributed by atoms with Crippen LogP contribution in [-0.4, -0.2) is 18.1 Å². The van der Waals surface area contributed by atoms with Gasteiger partial charge in [-0.3, -0.25) is 0 Å². The zero-order valence-electron chi connectivity index (χ0n) is 11.3. The van der Waals surface area contributed by atoms with Gasteiger partial charge >= 0.3 is 0 Å². The van der Waals surface area contributed by atoms with Gasteiger partial charge in [-0.1, -0.05) is 19.3 Å². The van der Waals surface area contributed by atoms with Crippen LogP contribution >= 0.6 is 11.3 Å². The summed E-state index contributed by atoms with van der Waals surface area (Å²) in [5.41, 5.74) is 1.21. The van der Waals surface area contributed by atoms with Crippen LogP contribution in [-0.2, 0) is 6.42 Å². The van der Waals surface area contributed by atoms with Crippen molar-refractivity contribution < 1.29 is 0 Å². The number of aryl methyl sites for hydroxylation is 2. The fraction of sp³-hybridized carbons (Fsp3) is 0.786. The van der Waals surface area contributed by atoms with E-state index in [2.05, 4.69) is 31.2 Å². The van der Waals surface area contributed by atoms with E-state index in [0.717, 1.165) is 12.3 Å². The third kappa shape index (κ3) is 3.29. The summed E-state index contributed by atoms with van der Waals surface area (Å²) in [6, 6.07) is 0.625. The summed E-state index contributed by atoms with van der Waals surface area (Å²) in [6.45, 7) is 4.29. The lowest BCUT2D eigenvalue weighted by Gasteiger charge is -2.29. The maximum atomic E-state index is 4.67. The molecule has 1 aromatic rings. The van der Waals surface area contributed by atoms with Crippen LogP contribution in [0.25, 0.3) is 0 Å². The van der Waals surface area contributed by atoms with Crippen LogP contribution in [0.5, 0.6) is 0 Å². The number of aromatic nitrogens is 1. The SMILES string of the molecule is CNC(Cc1nc(C)c(C)s1)C1CCCCC1. The van der Waals surface area contributed by atoms with Crippen LogP contribution in [0.15, 0.2) is 0 Å². The third-order valence-corrected chi connectivity index (χ3v) is 5.15. The monoisotopic (exact) mass is 252 g/mol. The largest absolute Gasteiger partial charge is 0.316 e. The van der Waals surface area contributed by atoms with Gasteiger partial charge in [0.2, 0.25) is 0 Å². The molecule has 0 aromatic carbocycles. The lowest BCUT2D eigenvalue weighted by atomic mass is 9.83. The van der Waals surface area contributed by atoms with Crippen LogP contribution in [0.2, 0.25) is 0 Å². The molecule has 1 atom stereocenters. The molecule has 1 aromatic heterocycles. The van der Waals surface area contributed by atoms with E-state index in [1.165, 1.54) is 47.7 Å². The van der Waals surface area contributed by atoms with Gasteiger partial charge in [0, 0.05) is 17.3 Å². The van der Waals surface area contributed by atoms with Crippen LogP contribution in [0.1, 0.15) is 47.7 Å². The van der Waals surface area contributed by atoms with Gasteiger partial charge in [-0.05, 0) is 39.7 Å². The Bertz CT molecular complexity index is 334. The summed E-state index contributed by atoms with van der Waals surface area (Å²) in [6.07, 6.45) is 8.17. The smallest absolute Gasteiger partial charge is 0.0946 e. The molecule has 96 valence electrons. The van der Waals surface area contributed by atoms with Crippen molar-refractivity contribution >= 4 is 11.3 Å². The van der Waals surface area contributed by atoms with Gasteiger partial charge < -0.3 is 5.32 Å². The highest BCUT2D eigenvalue weighted by molar-refractivity contribution is 7.11. The van der Waals surface area contributed by atoms with E-state index >= 15 is 0 Å². The van der Waals surface area contributed by atoms with Gasteiger partial charge in [-0.25, -0.2) is 4.98 Å². The zero-order valence-corrected chi connectivity index (χ0v) is 12.1. The Morgan fingerprint density at radius 1 is 1.29 bits per heavy atom. The number of thiazole rings is 1. The second-order valence-corrected chi connectivity index (χ2v) is 6.53. The van der Waals surface area contributed by atoms with E-state index in [4.69, 9.17) is 0 Å². The van der Waals surface area contributed by atoms with Crippen LogP contribution in [0.3, 0.4) is 0 Å². The lowest BCUT2D eigenvalue weighted by Crippen LogP contribution is -2.36. The summed E-state index contributed by atoms with van der Waals surface area (Å²) >= 11 is 1.87. The highest BCUT2D eigenvalue weighted by Crippen LogP contribution is 2.29. The fourth-order valence-electron chi connectivity index (χ4n) is 2.86. The average Bonchev–Trinajstić information content (AvgIpc) is 2.67. The van der Waals surface area contributed by atoms with Crippen molar-refractivity contribution in [2.24, 2.45) is 5.92 Å². The summed E-state index contributed by atoms with van der Waals surface area (Å²) in [5.74, 6) is 0.860. The Kier molecular flexibility index (Phi) is 4.57. The minimum absolute atomic E-state index is 0.625. The van der Waals surface area contributed by atoms with Crippen LogP contribution < -0.4 is 5.32 Å². The molecule has 0 bridgehead atoms. The fourth-order valence-corrected chi connectivity index (χ4v) is 3.85. The van der Waals surface area contributed by atoms with Crippen molar-refractivity contribution in [3.63, 3.8) is 0 Å². The Hall–Kier alpha value is -0.410. The van der Waals surface area contributed by atoms with Crippen molar-refractivity contribution in [1.29, 1.82) is 0 Å². The first-order valence-corrected chi connectivity index (χ1v) is 7.62. The van der Waals surface area contributed by atoms with Gasteiger partial charge in [-0.15, -0.1) is 11.3 Å². The number of nitrogens with zero attached hydrogens (tertiary/aromatic N) is 1. The van der Waals surface area contributed by atoms with Crippen LogP contribution in [0.4, 0.5) is 0 Å². The molecule has 2 nitrogen and oxygen atoms in total. The second-order valence-electron chi connectivity index (χ2n) is 5.25. The molecule has 3 heteroatoms. The first kappa shape index (κ1) is 13.0. The molecule has 1 unspecified atom stereocenters. The van der Waals surface area contributed by atoms with E-state index < -0.39 is 0 Å². The minimum atomic E-state index is 0.625. The van der Waals surface area contributed by atoms with Gasteiger partial charge in [0.25, 0.3) is 0 Å². The number of hydrogen-bond donors (Lipinski definition) is 1. The topological polar surface area (TPSA) is 24.9 Å². The van der Waals surface area contributed by atoms with E-state index in [9.17, 15) is 0 Å². The maximum Gasteiger partial charge on any atom is 0.0946 e. The van der Waals surface area contributed by atoms with Crippen LogP contribution in [0, 0.1) is 19.8 Å². The molecule has 1 fully saturated rings. The molecule has 0 amide bonds. The quantitative estimate of drug-likeness (QED) is 0.887. The third-order valence-electron chi connectivity index (χ3n) is 4.06. The predicted octanol–water partition coefficient (Wildman–Crippen LogP) is 3.47. The normalized spacial score (nSPS) is 19.5. The van der Waals surface area contributed by atoms with Crippen molar-refractivity contribution in [2.45, 2.75) is 58.4 Å². The summed E-state index contributed by atoms with van der Waals surface area (Å²) in [5, 5.41) is 4.83. The van der Waals surface area contributed by atoms with Gasteiger partial charge in [0.05, 0.1) is 10.7 Å². The van der Waals surface area contributed by atoms with Crippen molar-refractivity contribution in [3.8, 4) is 0 Å². The zero-order chi connectivity index (χ0) is 12.3. The number of hydrogen-bond acceptors (Lipinski definition) is 3. The number of nitrogens with one attached hydrogen (secondary N) is 1. The molecule has 2 rings (SSSR count). The molecule has 1 saturated carbocycles. The molecule has 0 radical (unpaired) electrons. The number of likely N-dealkylation sites (N-methyl/N-ethyl adjacent to an activating group) is 1. The van der Waals surface area contributed by atoms with E-state index in [1.54, 1.807) is 0 Å². The standard InChI is InChI=1S/C14H24N2S/c1-10-11(2)17-14(16-10)9-13(15-3)12-7-5-4-6-8-12/h12-13,15H,4-9H2,1-3H3. The highest BCUT2D eigenvalue weighted by Gasteiger charge is 2.23. The summed E-state index contributed by atoms with van der Waals surface area (Å²) in [4.78, 5) is 6.04. The molecule has 0 saturated heterocycles. The number of rotatable bonds is 4. The first-order valence-electron chi connectivity index (χ1n) is 6.81. The maximum absolute atomic E-state index is 4.67. The highest BCUT2D eigenvalue weighted by atomic mass is 32.1. The van der Waals surface area contributed by atoms with Gasteiger partial charge in [0.1, 0.15) is 0 Å². The Balaban J connectivity index is 1.98. The summed E-state index contributed by atoms with van der Waals surface area (Å²) < 4.78 is 0. The molecule has 17 heavy (non-hydrogen) atoms. The lowest BCUT2D eigenvalue weighted by molar-refractivity contribution is 0.276.